The van der Waals surface area contributed by atoms with E-state index < -0.39 is 38.2 Å². The Bertz CT molecular complexity index is 436. The number of nitrogens with one attached hydrogen (secondary N) is 1. The fourth-order valence-electron chi connectivity index (χ4n) is 2.44. The van der Waals surface area contributed by atoms with Crippen LogP contribution in [-0.2, 0) is 28.1 Å². The quantitative estimate of drug-likeness (QED) is 0.257. The number of rotatable bonds is 9. The van der Waals surface area contributed by atoms with Gasteiger partial charge in [0, 0.05) is 20.2 Å². The number of nitrogens with two attached hydrogens (primary N) is 1. The Morgan fingerprint density at radius 3 is 2.65 bits per heavy atom. The number of hydrogen-bond donors (Lipinski definition) is 4. The van der Waals surface area contributed by atoms with Gasteiger partial charge >= 0.3 is 7.82 Å². The lowest BCUT2D eigenvalue weighted by Gasteiger charge is -2.26. The molecule has 1 heterocycles. The highest BCUT2D eigenvalue weighted by Gasteiger charge is 2.47. The highest BCUT2D eigenvalue weighted by molar-refractivity contribution is 7.46. The van der Waals surface area contributed by atoms with Gasteiger partial charge in [-0.15, -0.1) is 0 Å². The summed E-state index contributed by atoms with van der Waals surface area (Å²) in [5.41, 5.74) is 5.29. The lowest BCUT2D eigenvalue weighted by atomic mass is 9.92. The summed E-state index contributed by atoms with van der Waals surface area (Å²) in [5, 5.41) is 2.57. The summed E-state index contributed by atoms with van der Waals surface area (Å²) in [4.78, 5) is 29.4. The van der Waals surface area contributed by atoms with E-state index in [9.17, 15) is 9.36 Å². The van der Waals surface area contributed by atoms with Crippen molar-refractivity contribution < 1.29 is 37.9 Å². The topological polar surface area (TPSA) is 150 Å². The number of carbonyl (C=O) groups excluding carboxylic acids is 1. The molecule has 0 radical (unpaired) electrons. The molecule has 1 unspecified atom stereocenters. The average Bonchev–Trinajstić information content (AvgIpc) is 2.77. The van der Waals surface area contributed by atoms with Crippen LogP contribution in [0.5, 0.6) is 0 Å². The van der Waals surface area contributed by atoms with Gasteiger partial charge in [-0.1, -0.05) is 0 Å². The first-order valence-electron chi connectivity index (χ1n) is 7.20. The summed E-state index contributed by atoms with van der Waals surface area (Å²) < 4.78 is 32.1. The molecule has 12 heteroatoms. The van der Waals surface area contributed by atoms with E-state index in [4.69, 9.17) is 29.7 Å². The van der Waals surface area contributed by atoms with E-state index >= 15 is 0 Å². The third-order valence-corrected chi connectivity index (χ3v) is 4.00. The van der Waals surface area contributed by atoms with Crippen LogP contribution >= 0.6 is 7.82 Å². The highest BCUT2D eigenvalue weighted by Crippen LogP contribution is 2.40. The maximum Gasteiger partial charge on any atom is 0.469 e. The molecule has 134 valence electrons. The molecule has 0 aliphatic carbocycles. The molecular formula is C11H24BN2O8P. The Morgan fingerprint density at radius 2 is 2.13 bits per heavy atom. The molecule has 1 aliphatic heterocycles. The lowest BCUT2D eigenvalue weighted by molar-refractivity contribution is -0.130. The van der Waals surface area contributed by atoms with Crippen molar-refractivity contribution in [3.8, 4) is 0 Å². The minimum Gasteiger partial charge on any atom is -0.376 e. The van der Waals surface area contributed by atoms with Crippen LogP contribution in [0.2, 0.25) is 0 Å². The van der Waals surface area contributed by atoms with Crippen LogP contribution < -0.4 is 11.1 Å². The third-order valence-electron chi connectivity index (χ3n) is 3.39. The van der Waals surface area contributed by atoms with Gasteiger partial charge in [-0.25, -0.2) is 4.57 Å². The predicted octanol–water partition coefficient (Wildman–Crippen LogP) is -2.68. The minimum atomic E-state index is -4.65. The van der Waals surface area contributed by atoms with Crippen LogP contribution in [0.1, 0.15) is 6.92 Å². The minimum absolute atomic E-state index is 0.196. The SMILES string of the molecule is B[C@@H]1O[C@H](C(C)OP(=O)(O)O)[C@@H](OC)[C@H]1OCC(=O)NCCN. The van der Waals surface area contributed by atoms with E-state index in [0.29, 0.717) is 13.1 Å². The van der Waals surface area contributed by atoms with Crippen molar-refractivity contribution in [3.05, 3.63) is 0 Å². The molecule has 0 bridgehead atoms. The van der Waals surface area contributed by atoms with Gasteiger partial charge in [0.1, 0.15) is 32.8 Å². The molecule has 1 saturated heterocycles. The van der Waals surface area contributed by atoms with Crippen LogP contribution in [0, 0.1) is 0 Å². The molecule has 0 aromatic heterocycles. The van der Waals surface area contributed by atoms with Crippen molar-refractivity contribution in [1.29, 1.82) is 0 Å². The first-order valence-corrected chi connectivity index (χ1v) is 8.73. The van der Waals surface area contributed by atoms with Gasteiger partial charge < -0.3 is 35.0 Å². The number of phosphoric acid groups is 1. The molecule has 0 saturated carbocycles. The second kappa shape index (κ2) is 9.09. The zero-order valence-electron chi connectivity index (χ0n) is 13.4. The largest absolute Gasteiger partial charge is 0.469 e. The molecule has 0 aromatic carbocycles. The monoisotopic (exact) mass is 354 g/mol. The summed E-state index contributed by atoms with van der Waals surface area (Å²) in [6.07, 6.45) is -2.85. The molecule has 5 N–H and O–H groups in total. The molecule has 0 aromatic rings. The standard InChI is InChI=1S/C11H24BN2O8P/c1-6(22-23(16,17)18)8-9(19-2)10(11(12)21-8)20-5-7(15)14-4-3-13/h6,8-11H,3-5,12-13H2,1-2H3,(H,14,15)(H2,16,17,18)/t6?,8-,9-,10-,11-/m1/s1. The molecule has 1 fully saturated rings. The van der Waals surface area contributed by atoms with Gasteiger partial charge in [0.15, 0.2) is 0 Å². The number of hydrogen-bond acceptors (Lipinski definition) is 7. The van der Waals surface area contributed by atoms with Crippen molar-refractivity contribution in [1.82, 2.24) is 5.32 Å². The normalized spacial score (nSPS) is 29.4. The van der Waals surface area contributed by atoms with Crippen molar-refractivity contribution in [2.24, 2.45) is 5.73 Å². The van der Waals surface area contributed by atoms with Crippen LogP contribution in [0.15, 0.2) is 0 Å². The average molecular weight is 354 g/mol. The van der Waals surface area contributed by atoms with Gasteiger partial charge in [-0.05, 0) is 6.92 Å². The van der Waals surface area contributed by atoms with Gasteiger partial charge in [0.25, 0.3) is 0 Å². The summed E-state index contributed by atoms with van der Waals surface area (Å²) in [6.45, 7) is 1.95. The van der Waals surface area contributed by atoms with Crippen molar-refractivity contribution in [2.75, 3.05) is 26.8 Å². The second-order valence-corrected chi connectivity index (χ2v) is 6.41. The fourth-order valence-corrected chi connectivity index (χ4v) is 3.00. The molecule has 5 atom stereocenters. The van der Waals surface area contributed by atoms with Crippen LogP contribution in [0.3, 0.4) is 0 Å². The van der Waals surface area contributed by atoms with Crippen molar-refractivity contribution in [3.63, 3.8) is 0 Å². The van der Waals surface area contributed by atoms with E-state index in [1.807, 2.05) is 0 Å². The van der Waals surface area contributed by atoms with Crippen molar-refractivity contribution in [2.45, 2.75) is 37.3 Å². The Balaban J connectivity index is 2.63. The number of amides is 1. The Morgan fingerprint density at radius 1 is 1.48 bits per heavy atom. The van der Waals surface area contributed by atoms with E-state index in [0.717, 1.165) is 0 Å². The van der Waals surface area contributed by atoms with Crippen LogP contribution in [-0.4, -0.2) is 80.8 Å². The molecule has 1 rings (SSSR count). The number of phosphoric ester groups is 1. The highest BCUT2D eigenvalue weighted by atomic mass is 31.2. The maximum absolute atomic E-state index is 11.6. The number of methoxy groups -OCH3 is 1. The zero-order chi connectivity index (χ0) is 17.6. The summed E-state index contributed by atoms with van der Waals surface area (Å²) in [6, 6.07) is -0.435. The molecule has 1 amide bonds. The van der Waals surface area contributed by atoms with Gasteiger partial charge in [0.2, 0.25) is 5.91 Å². The van der Waals surface area contributed by atoms with E-state index in [-0.39, 0.29) is 12.5 Å². The summed E-state index contributed by atoms with van der Waals surface area (Å²) in [5.74, 6) is -0.319. The number of carbonyl (C=O) groups is 1. The van der Waals surface area contributed by atoms with E-state index in [1.54, 1.807) is 7.85 Å². The first-order chi connectivity index (χ1) is 10.7. The van der Waals surface area contributed by atoms with Crippen LogP contribution in [0.4, 0.5) is 0 Å². The fraction of sp³-hybridized carbons (Fsp3) is 0.909. The predicted molar refractivity (Wildman–Crippen MR) is 82.4 cm³/mol. The number of ether oxygens (including phenoxy) is 3. The van der Waals surface area contributed by atoms with E-state index in [2.05, 4.69) is 9.84 Å². The molecule has 0 spiro atoms. The molecule has 23 heavy (non-hydrogen) atoms. The van der Waals surface area contributed by atoms with E-state index in [1.165, 1.54) is 14.0 Å². The Kier molecular flexibility index (Phi) is 8.12. The van der Waals surface area contributed by atoms with Crippen LogP contribution in [0.25, 0.3) is 0 Å². The molecule has 10 nitrogen and oxygen atoms in total. The van der Waals surface area contributed by atoms with Gasteiger partial charge in [0.05, 0.1) is 12.1 Å². The Hall–Kier alpha value is -0.515. The van der Waals surface area contributed by atoms with Gasteiger partial charge in [-0.3, -0.25) is 9.32 Å². The molecule has 1 aliphatic rings. The van der Waals surface area contributed by atoms with Gasteiger partial charge in [-0.2, -0.15) is 0 Å². The Labute approximate surface area is 135 Å². The summed E-state index contributed by atoms with van der Waals surface area (Å²) in [7, 11) is -1.50. The first kappa shape index (κ1) is 20.5. The second-order valence-electron chi connectivity index (χ2n) is 5.22. The summed E-state index contributed by atoms with van der Waals surface area (Å²) >= 11 is 0. The smallest absolute Gasteiger partial charge is 0.376 e. The third kappa shape index (κ3) is 6.48. The lowest BCUT2D eigenvalue weighted by Crippen LogP contribution is -2.43. The maximum atomic E-state index is 11.6. The van der Waals surface area contributed by atoms with Crippen molar-refractivity contribution >= 4 is 21.6 Å². The zero-order valence-corrected chi connectivity index (χ0v) is 14.3. The molecular weight excluding hydrogens is 330 g/mol.